The molecule has 0 aliphatic rings. The highest BCUT2D eigenvalue weighted by molar-refractivity contribution is 7.98. The van der Waals surface area contributed by atoms with E-state index < -0.39 is 0 Å². The van der Waals surface area contributed by atoms with Crippen LogP contribution in [0.4, 0.5) is 0 Å². The van der Waals surface area contributed by atoms with E-state index in [0.717, 1.165) is 27.6 Å². The number of thioether (sulfide) groups is 1. The van der Waals surface area contributed by atoms with Crippen molar-refractivity contribution in [3.8, 4) is 0 Å². The molecule has 28 heavy (non-hydrogen) atoms. The van der Waals surface area contributed by atoms with Gasteiger partial charge in [-0.05, 0) is 43.2 Å². The lowest BCUT2D eigenvalue weighted by molar-refractivity contribution is 0.936. The average Bonchev–Trinajstić information content (AvgIpc) is 3.10. The molecule has 5 rings (SSSR count). The fourth-order valence-corrected chi connectivity index (χ4v) is 4.33. The molecule has 1 aromatic carbocycles. The van der Waals surface area contributed by atoms with Crippen LogP contribution in [-0.4, -0.2) is 24.0 Å². The molecule has 0 unspecified atom stereocenters. The van der Waals surface area contributed by atoms with E-state index >= 15 is 0 Å². The van der Waals surface area contributed by atoms with Crippen LogP contribution < -0.4 is 5.56 Å². The normalized spacial score (nSPS) is 11.6. The van der Waals surface area contributed by atoms with Crippen molar-refractivity contribution < 1.29 is 0 Å². The summed E-state index contributed by atoms with van der Waals surface area (Å²) in [7, 11) is 0. The number of hydrogen-bond acceptors (Lipinski definition) is 5. The summed E-state index contributed by atoms with van der Waals surface area (Å²) in [6.45, 7) is 4.04. The highest BCUT2D eigenvalue weighted by Gasteiger charge is 2.12. The minimum atomic E-state index is -0.0727. The zero-order chi connectivity index (χ0) is 19.3. The molecule has 0 bridgehead atoms. The molecular formula is C21H17N5OS. The van der Waals surface area contributed by atoms with Crippen molar-refractivity contribution in [2.45, 2.75) is 24.8 Å². The van der Waals surface area contributed by atoms with Gasteiger partial charge in [-0.25, -0.2) is 4.98 Å². The lowest BCUT2D eigenvalue weighted by atomic mass is 10.1. The van der Waals surface area contributed by atoms with Crippen molar-refractivity contribution in [2.24, 2.45) is 0 Å². The minimum Gasteiger partial charge on any atom is -0.270 e. The van der Waals surface area contributed by atoms with Crippen molar-refractivity contribution in [2.75, 3.05) is 0 Å². The smallest absolute Gasteiger partial charge is 0.258 e. The van der Waals surface area contributed by atoms with Gasteiger partial charge in [0.1, 0.15) is 5.65 Å². The summed E-state index contributed by atoms with van der Waals surface area (Å²) in [4.78, 5) is 17.1. The van der Waals surface area contributed by atoms with E-state index in [4.69, 9.17) is 0 Å². The van der Waals surface area contributed by atoms with Gasteiger partial charge in [0.2, 0.25) is 0 Å². The van der Waals surface area contributed by atoms with E-state index in [-0.39, 0.29) is 5.56 Å². The van der Waals surface area contributed by atoms with Crippen LogP contribution in [0.3, 0.4) is 0 Å². The molecule has 4 heterocycles. The molecule has 0 atom stereocenters. The summed E-state index contributed by atoms with van der Waals surface area (Å²) in [5.74, 6) is 0.545. The Labute approximate surface area is 164 Å². The fraction of sp³-hybridized carbons (Fsp3) is 0.143. The van der Waals surface area contributed by atoms with E-state index in [9.17, 15) is 4.79 Å². The van der Waals surface area contributed by atoms with Gasteiger partial charge in [0.25, 0.3) is 5.56 Å². The first kappa shape index (κ1) is 16.9. The third-order valence-corrected chi connectivity index (χ3v) is 5.82. The molecule has 0 fully saturated rings. The summed E-state index contributed by atoms with van der Waals surface area (Å²) in [6.07, 6.45) is 1.75. The summed E-state index contributed by atoms with van der Waals surface area (Å²) in [5, 5.41) is 10.7. The van der Waals surface area contributed by atoms with E-state index in [0.29, 0.717) is 11.4 Å². The third-order valence-electron chi connectivity index (χ3n) is 4.86. The van der Waals surface area contributed by atoms with E-state index in [1.165, 1.54) is 22.7 Å². The number of nitrogens with zero attached hydrogens (tertiary/aromatic N) is 5. The second-order valence-electron chi connectivity index (χ2n) is 6.78. The Morgan fingerprint density at radius 3 is 2.75 bits per heavy atom. The quantitative estimate of drug-likeness (QED) is 0.441. The third kappa shape index (κ3) is 2.66. The Hall–Kier alpha value is -3.19. The van der Waals surface area contributed by atoms with Crippen LogP contribution >= 0.6 is 11.8 Å². The first-order valence-electron chi connectivity index (χ1n) is 8.96. The van der Waals surface area contributed by atoms with Crippen molar-refractivity contribution in [1.29, 1.82) is 0 Å². The van der Waals surface area contributed by atoms with Crippen LogP contribution in [0.2, 0.25) is 0 Å². The number of pyridine rings is 2. The molecule has 4 aromatic heterocycles. The van der Waals surface area contributed by atoms with Gasteiger partial charge in [-0.3, -0.25) is 13.6 Å². The summed E-state index contributed by atoms with van der Waals surface area (Å²) in [6, 6.07) is 15.7. The predicted octanol–water partition coefficient (Wildman–Crippen LogP) is 3.80. The Morgan fingerprint density at radius 2 is 1.86 bits per heavy atom. The van der Waals surface area contributed by atoms with Crippen LogP contribution in [0, 0.1) is 13.8 Å². The maximum atomic E-state index is 12.4. The van der Waals surface area contributed by atoms with Gasteiger partial charge in [0.15, 0.2) is 10.8 Å². The Bertz CT molecular complexity index is 1420. The molecule has 0 radical (unpaired) electrons. The molecule has 5 aromatic rings. The van der Waals surface area contributed by atoms with E-state index in [2.05, 4.69) is 38.6 Å². The molecular weight excluding hydrogens is 370 g/mol. The van der Waals surface area contributed by atoms with Crippen LogP contribution in [-0.2, 0) is 5.75 Å². The summed E-state index contributed by atoms with van der Waals surface area (Å²) < 4.78 is 3.64. The number of para-hydroxylation sites is 1. The molecule has 138 valence electrons. The highest BCUT2D eigenvalue weighted by Crippen LogP contribution is 2.27. The molecule has 0 saturated carbocycles. The van der Waals surface area contributed by atoms with Crippen molar-refractivity contribution >= 4 is 34.0 Å². The zero-order valence-electron chi connectivity index (χ0n) is 15.5. The van der Waals surface area contributed by atoms with E-state index in [1.807, 2.05) is 37.3 Å². The maximum Gasteiger partial charge on any atom is 0.258 e. The van der Waals surface area contributed by atoms with Crippen LogP contribution in [0.5, 0.6) is 0 Å². The van der Waals surface area contributed by atoms with Gasteiger partial charge < -0.3 is 0 Å². The molecule has 0 aliphatic heterocycles. The number of aryl methyl sites for hydroxylation is 2. The SMILES string of the molecule is Cc1cc2nnc(SCc3cc(=O)n4cccc(C)c4n3)n2c2ccccc12. The molecule has 6 nitrogen and oxygen atoms in total. The van der Waals surface area contributed by atoms with Gasteiger partial charge in [-0.2, -0.15) is 0 Å². The summed E-state index contributed by atoms with van der Waals surface area (Å²) >= 11 is 1.53. The maximum absolute atomic E-state index is 12.4. The molecule has 0 saturated heterocycles. The second-order valence-corrected chi connectivity index (χ2v) is 7.72. The molecule has 7 heteroatoms. The zero-order valence-corrected chi connectivity index (χ0v) is 16.3. The highest BCUT2D eigenvalue weighted by atomic mass is 32.2. The van der Waals surface area contributed by atoms with Gasteiger partial charge >= 0.3 is 0 Å². The van der Waals surface area contributed by atoms with Gasteiger partial charge in [0.05, 0.1) is 11.2 Å². The average molecular weight is 387 g/mol. The second kappa shape index (κ2) is 6.45. The molecule has 0 aliphatic carbocycles. The summed E-state index contributed by atoms with van der Waals surface area (Å²) in [5.41, 5.74) is 5.40. The van der Waals surface area contributed by atoms with Crippen LogP contribution in [0.1, 0.15) is 16.8 Å². The first-order chi connectivity index (χ1) is 13.6. The van der Waals surface area contributed by atoms with Gasteiger partial charge in [0, 0.05) is 23.4 Å². The molecule has 0 N–H and O–H groups in total. The number of aromatic nitrogens is 5. The lowest BCUT2D eigenvalue weighted by Gasteiger charge is -2.08. The standard InChI is InChI=1S/C21H17N5OS/c1-13-6-5-9-25-19(27)11-15(22-20(13)25)12-28-21-24-23-18-10-14(2)16-7-3-4-8-17(16)26(18)21/h3-11H,12H2,1-2H3. The Morgan fingerprint density at radius 1 is 1.00 bits per heavy atom. The van der Waals surface area contributed by atoms with Gasteiger partial charge in [-0.1, -0.05) is 36.0 Å². The Kier molecular flexibility index (Phi) is 3.91. The van der Waals surface area contributed by atoms with Crippen molar-refractivity contribution in [3.63, 3.8) is 0 Å². The van der Waals surface area contributed by atoms with Crippen molar-refractivity contribution in [1.82, 2.24) is 24.0 Å². The van der Waals surface area contributed by atoms with Gasteiger partial charge in [-0.15, -0.1) is 10.2 Å². The predicted molar refractivity (Wildman–Crippen MR) is 111 cm³/mol. The van der Waals surface area contributed by atoms with Crippen LogP contribution in [0.25, 0.3) is 22.2 Å². The number of hydrogen-bond donors (Lipinski definition) is 0. The number of benzene rings is 1. The van der Waals surface area contributed by atoms with E-state index in [1.54, 1.807) is 16.7 Å². The molecule has 0 amide bonds. The van der Waals surface area contributed by atoms with Crippen molar-refractivity contribution in [3.05, 3.63) is 81.9 Å². The Balaban J connectivity index is 1.57. The molecule has 0 spiro atoms. The largest absolute Gasteiger partial charge is 0.270 e. The lowest BCUT2D eigenvalue weighted by Crippen LogP contribution is -2.15. The monoisotopic (exact) mass is 387 g/mol. The van der Waals surface area contributed by atoms with Crippen LogP contribution in [0.15, 0.2) is 64.7 Å². The number of fused-ring (bicyclic) bond motifs is 4. The topological polar surface area (TPSA) is 64.6 Å². The fourth-order valence-electron chi connectivity index (χ4n) is 3.49. The number of rotatable bonds is 3. The first-order valence-corrected chi connectivity index (χ1v) is 9.94. The minimum absolute atomic E-state index is 0.0727.